The van der Waals surface area contributed by atoms with Gasteiger partial charge in [0, 0.05) is 60.1 Å². The molecule has 0 spiro atoms. The zero-order chi connectivity index (χ0) is 64.5. The number of nitrogens with zero attached hydrogens (tertiary/aromatic N) is 2. The number of rotatable bonds is 33. The molecule has 85 heavy (non-hydrogen) atoms. The Morgan fingerprint density at radius 3 is 0.976 bits per heavy atom. The van der Waals surface area contributed by atoms with Gasteiger partial charge in [0.05, 0.1) is 58.7 Å². The lowest BCUT2D eigenvalue weighted by atomic mass is 9.99. The largest absolute Gasteiger partial charge is 0.394 e. The van der Waals surface area contributed by atoms with Crippen molar-refractivity contribution in [3.05, 3.63) is 84.2 Å². The number of aliphatic hydroxyl groups excluding tert-OH is 20. The fraction of sp³-hybridized carbons (Fsp3) is 0.520. The molecule has 0 saturated carbocycles. The van der Waals surface area contributed by atoms with Gasteiger partial charge in [0.2, 0.25) is 11.8 Å². The van der Waals surface area contributed by atoms with Crippen molar-refractivity contribution in [1.29, 1.82) is 0 Å². The SMILES string of the molecule is CC(=O)Nc1ccc(C(=O)Nc2ccc(C(=O)NCC(=O)Nc3c(Br)c(C(=O)N(CC(O)C(O)C(O)C(O)CO)CC(O)C(O)C(O)C(O)CO)c(Br)c(C(=O)N(CC(O)C(O)C(O)C(O)CO)CC(O)C(O)C(O)C(O)CO)c3Br)cc2)cc1. The number of benzene rings is 3. The predicted octanol–water partition coefficient (Wildman–Crippen LogP) is -7.82. The van der Waals surface area contributed by atoms with Crippen LogP contribution in [-0.4, -0.2) is 304 Å². The molecule has 3 aromatic carbocycles. The summed E-state index contributed by atoms with van der Waals surface area (Å²) in [4.78, 5) is 82.4. The molecule has 0 heterocycles. The maximum absolute atomic E-state index is 15.1. The standard InChI is InChI=1S/C50H69Br3N6O26/c1-19(64)55-22-6-4-21(5-7-22)48(83)56-23-8-2-20(3-9-23)47(82)54-10-32(73)57-38-36(52)33(49(84)58(11-24(65)39(74)43(78)28(69)15-60)12-25(66)40(75)44(79)29(70)16-61)35(51)34(37(38)53)50(85)59(13-26(67)41(76)45(80)30(71)17-62)14-27(68)42(77)46(81)31(72)18-63/h2-9,24-31,39-46,60-63,65-72,74-81H,10-18H2,1H3,(H,54,82)(H,55,64)(H,56,83)(H,57,73). The molecule has 3 aromatic rings. The highest BCUT2D eigenvalue weighted by Crippen LogP contribution is 2.44. The molecule has 6 amide bonds. The summed E-state index contributed by atoms with van der Waals surface area (Å²) in [6, 6.07) is 11.1. The van der Waals surface area contributed by atoms with Gasteiger partial charge < -0.3 is 133 Å². The smallest absolute Gasteiger partial charge is 0.256 e. The lowest BCUT2D eigenvalue weighted by Gasteiger charge is -2.35. The van der Waals surface area contributed by atoms with Crippen LogP contribution in [0.5, 0.6) is 0 Å². The predicted molar refractivity (Wildman–Crippen MR) is 302 cm³/mol. The van der Waals surface area contributed by atoms with Gasteiger partial charge in [0.1, 0.15) is 97.7 Å². The van der Waals surface area contributed by atoms with E-state index < -0.39 is 217 Å². The monoisotopic (exact) mass is 1410 g/mol. The third kappa shape index (κ3) is 20.3. The van der Waals surface area contributed by atoms with E-state index in [0.29, 0.717) is 15.5 Å². The number of carbonyl (C=O) groups is 6. The molecule has 0 aromatic heterocycles. The zero-order valence-corrected chi connectivity index (χ0v) is 49.4. The summed E-state index contributed by atoms with van der Waals surface area (Å²) in [5, 5.41) is 217. The molecule has 32 nitrogen and oxygen atoms in total. The Bertz CT molecular complexity index is 2540. The van der Waals surface area contributed by atoms with Crippen LogP contribution < -0.4 is 21.3 Å². The van der Waals surface area contributed by atoms with Crippen LogP contribution in [0.3, 0.4) is 0 Å². The summed E-state index contributed by atoms with van der Waals surface area (Å²) >= 11 is 9.43. The minimum absolute atomic E-state index is 0.0646. The Hall–Kier alpha value is -4.88. The minimum Gasteiger partial charge on any atom is -0.394 e. The van der Waals surface area contributed by atoms with Crippen molar-refractivity contribution >= 4 is 100 Å². The van der Waals surface area contributed by atoms with Crippen LogP contribution in [0.15, 0.2) is 61.9 Å². The summed E-state index contributed by atoms with van der Waals surface area (Å²) in [5.74, 6) is -6.00. The Kier molecular flexibility index (Phi) is 30.3. The van der Waals surface area contributed by atoms with Crippen molar-refractivity contribution in [3.63, 3.8) is 0 Å². The molecule has 3 rings (SSSR count). The molecule has 476 valence electrons. The highest BCUT2D eigenvalue weighted by atomic mass is 79.9. The van der Waals surface area contributed by atoms with Gasteiger partial charge in [0.25, 0.3) is 23.6 Å². The molecule has 0 radical (unpaired) electrons. The first-order valence-corrected chi connectivity index (χ1v) is 27.6. The van der Waals surface area contributed by atoms with Gasteiger partial charge in [-0.2, -0.15) is 0 Å². The van der Waals surface area contributed by atoms with E-state index >= 15 is 9.59 Å². The van der Waals surface area contributed by atoms with Crippen LogP contribution in [0.25, 0.3) is 0 Å². The molecule has 0 saturated heterocycles. The first kappa shape index (κ1) is 74.4. The van der Waals surface area contributed by atoms with Gasteiger partial charge in [-0.3, -0.25) is 28.8 Å². The second-order valence-corrected chi connectivity index (χ2v) is 21.6. The lowest BCUT2D eigenvalue weighted by molar-refractivity contribution is -0.127. The Morgan fingerprint density at radius 2 is 0.682 bits per heavy atom. The van der Waals surface area contributed by atoms with E-state index in [-0.39, 0.29) is 22.7 Å². The third-order valence-corrected chi connectivity index (χ3v) is 15.2. The maximum atomic E-state index is 15.1. The summed E-state index contributed by atoms with van der Waals surface area (Å²) in [7, 11) is 0. The fourth-order valence-electron chi connectivity index (χ4n) is 7.80. The molecule has 0 aliphatic carbocycles. The summed E-state index contributed by atoms with van der Waals surface area (Å²) < 4.78 is -1.87. The number of aliphatic hydroxyl groups is 20. The number of amides is 6. The highest BCUT2D eigenvalue weighted by Gasteiger charge is 2.41. The van der Waals surface area contributed by atoms with Crippen molar-refractivity contribution in [2.45, 2.75) is 105 Å². The lowest BCUT2D eigenvalue weighted by Crippen LogP contribution is -2.54. The number of nitrogens with one attached hydrogen (secondary N) is 4. The highest BCUT2D eigenvalue weighted by molar-refractivity contribution is 9.11. The number of carbonyl (C=O) groups excluding carboxylic acids is 6. The second kappa shape index (κ2) is 34.6. The number of hydrogen-bond acceptors (Lipinski definition) is 26. The molecule has 0 aliphatic rings. The van der Waals surface area contributed by atoms with E-state index in [0.717, 1.165) is 0 Å². The van der Waals surface area contributed by atoms with E-state index in [4.69, 9.17) is 0 Å². The molecular weight excluding hydrogens is 1340 g/mol. The quantitative estimate of drug-likeness (QED) is 0.0269. The van der Waals surface area contributed by atoms with Gasteiger partial charge in [0.15, 0.2) is 0 Å². The fourth-order valence-corrected chi connectivity index (χ4v) is 10.7. The molecule has 0 bridgehead atoms. The molecule has 35 heteroatoms. The molecule has 16 atom stereocenters. The summed E-state index contributed by atoms with van der Waals surface area (Å²) in [6.07, 6.45) is -37.2. The second-order valence-electron chi connectivity index (χ2n) is 19.2. The molecule has 24 N–H and O–H groups in total. The molecule has 0 fully saturated rings. The van der Waals surface area contributed by atoms with Crippen molar-refractivity contribution in [2.24, 2.45) is 0 Å². The van der Waals surface area contributed by atoms with Crippen LogP contribution in [0.1, 0.15) is 48.4 Å². The minimum atomic E-state index is -2.45. The molecule has 16 unspecified atom stereocenters. The van der Waals surface area contributed by atoms with Crippen LogP contribution >= 0.6 is 47.8 Å². The van der Waals surface area contributed by atoms with Gasteiger partial charge in [-0.1, -0.05) is 0 Å². The Morgan fingerprint density at radius 1 is 0.400 bits per heavy atom. The summed E-state index contributed by atoms with van der Waals surface area (Å²) in [6.45, 7) is -9.39. The number of hydrogen-bond donors (Lipinski definition) is 24. The zero-order valence-electron chi connectivity index (χ0n) is 44.6. The Labute approximate surface area is 507 Å². The van der Waals surface area contributed by atoms with E-state index in [9.17, 15) is 121 Å². The van der Waals surface area contributed by atoms with Gasteiger partial charge in [-0.15, -0.1) is 0 Å². The van der Waals surface area contributed by atoms with Crippen LogP contribution in [0, 0.1) is 0 Å². The van der Waals surface area contributed by atoms with Crippen molar-refractivity contribution < 1.29 is 131 Å². The average molecular weight is 1410 g/mol. The van der Waals surface area contributed by atoms with Gasteiger partial charge in [-0.05, 0) is 96.3 Å². The van der Waals surface area contributed by atoms with Crippen LogP contribution in [-0.2, 0) is 9.59 Å². The normalized spacial score (nSPS) is 17.4. The number of halogens is 3. The summed E-state index contributed by atoms with van der Waals surface area (Å²) in [5.41, 5.74) is -1.59. The van der Waals surface area contributed by atoms with Gasteiger partial charge >= 0.3 is 0 Å². The van der Waals surface area contributed by atoms with E-state index in [1.165, 1.54) is 55.5 Å². The maximum Gasteiger partial charge on any atom is 0.256 e. The average Bonchev–Trinajstić information content (AvgIpc) is 3.61. The van der Waals surface area contributed by atoms with E-state index in [1.807, 2.05) is 0 Å². The van der Waals surface area contributed by atoms with E-state index in [1.54, 1.807) is 0 Å². The third-order valence-electron chi connectivity index (χ3n) is 12.8. The number of anilines is 3. The topological polar surface area (TPSA) is 562 Å². The van der Waals surface area contributed by atoms with Crippen molar-refractivity contribution in [3.8, 4) is 0 Å². The van der Waals surface area contributed by atoms with Crippen LogP contribution in [0.2, 0.25) is 0 Å². The van der Waals surface area contributed by atoms with Crippen LogP contribution in [0.4, 0.5) is 17.1 Å². The Balaban J connectivity index is 2.25. The van der Waals surface area contributed by atoms with E-state index in [2.05, 4.69) is 69.1 Å². The van der Waals surface area contributed by atoms with Gasteiger partial charge in [-0.25, -0.2) is 0 Å². The van der Waals surface area contributed by atoms with Crippen molar-refractivity contribution in [2.75, 3.05) is 75.1 Å². The first-order valence-electron chi connectivity index (χ1n) is 25.3. The molecule has 0 aliphatic heterocycles. The molecular formula is C50H69Br3N6O26. The van der Waals surface area contributed by atoms with Crippen molar-refractivity contribution in [1.82, 2.24) is 15.1 Å². The first-order chi connectivity index (χ1) is 39.8.